The number of rotatable bonds is 4. The summed E-state index contributed by atoms with van der Waals surface area (Å²) in [6.07, 6.45) is 0.549. The molecule has 1 rings (SSSR count). The molecule has 1 saturated heterocycles. The van der Waals surface area contributed by atoms with Gasteiger partial charge in [-0.15, -0.1) is 0 Å². The highest BCUT2D eigenvalue weighted by atomic mass is 32.2. The van der Waals surface area contributed by atoms with Crippen molar-refractivity contribution in [3.8, 4) is 0 Å². The van der Waals surface area contributed by atoms with Crippen LogP contribution in [0.15, 0.2) is 0 Å². The van der Waals surface area contributed by atoms with E-state index >= 15 is 0 Å². The molecule has 0 radical (unpaired) electrons. The number of hydrogen-bond acceptors (Lipinski definition) is 4. The average Bonchev–Trinajstić information content (AvgIpc) is 2.19. The third kappa shape index (κ3) is 3.34. The van der Waals surface area contributed by atoms with Gasteiger partial charge in [0.2, 0.25) is 10.0 Å². The summed E-state index contributed by atoms with van der Waals surface area (Å²) < 4.78 is 25.6. The molecule has 0 amide bonds. The maximum atomic E-state index is 12.0. The SMILES string of the molecule is CC1SCCN(S(=O)(=O)CCCN)C1C. The predicted molar refractivity (Wildman–Crippen MR) is 65.5 cm³/mol. The summed E-state index contributed by atoms with van der Waals surface area (Å²) in [4.78, 5) is 0. The van der Waals surface area contributed by atoms with Crippen LogP contribution in [0.2, 0.25) is 0 Å². The van der Waals surface area contributed by atoms with Crippen LogP contribution in [0, 0.1) is 0 Å². The van der Waals surface area contributed by atoms with Crippen molar-refractivity contribution >= 4 is 21.8 Å². The average molecular weight is 252 g/mol. The summed E-state index contributed by atoms with van der Waals surface area (Å²) in [6.45, 7) is 5.14. The fourth-order valence-electron chi connectivity index (χ4n) is 1.68. The van der Waals surface area contributed by atoms with E-state index in [0.717, 1.165) is 5.75 Å². The van der Waals surface area contributed by atoms with E-state index in [1.165, 1.54) is 0 Å². The van der Waals surface area contributed by atoms with Gasteiger partial charge in [-0.05, 0) is 19.9 Å². The molecule has 1 heterocycles. The van der Waals surface area contributed by atoms with Crippen LogP contribution in [0.5, 0.6) is 0 Å². The molecule has 0 aromatic rings. The Kier molecular flexibility index (Phi) is 4.89. The summed E-state index contributed by atoms with van der Waals surface area (Å²) in [5.74, 6) is 1.08. The van der Waals surface area contributed by atoms with E-state index in [1.54, 1.807) is 4.31 Å². The van der Waals surface area contributed by atoms with E-state index in [2.05, 4.69) is 6.92 Å². The normalized spacial score (nSPS) is 29.3. The largest absolute Gasteiger partial charge is 0.330 e. The molecule has 90 valence electrons. The number of sulfonamides is 1. The van der Waals surface area contributed by atoms with E-state index in [1.807, 2.05) is 18.7 Å². The van der Waals surface area contributed by atoms with Crippen molar-refractivity contribution in [1.82, 2.24) is 4.31 Å². The molecule has 0 saturated carbocycles. The molecule has 0 bridgehead atoms. The third-order valence-corrected chi connectivity index (χ3v) is 6.16. The van der Waals surface area contributed by atoms with Gasteiger partial charge < -0.3 is 5.73 Å². The highest BCUT2D eigenvalue weighted by molar-refractivity contribution is 8.00. The second-order valence-electron chi connectivity index (χ2n) is 3.89. The van der Waals surface area contributed by atoms with Crippen LogP contribution in [0.3, 0.4) is 0 Å². The first-order chi connectivity index (χ1) is 6.99. The second kappa shape index (κ2) is 5.52. The lowest BCUT2D eigenvalue weighted by Gasteiger charge is -2.36. The zero-order valence-electron chi connectivity index (χ0n) is 9.35. The van der Waals surface area contributed by atoms with Gasteiger partial charge in [0.15, 0.2) is 0 Å². The van der Waals surface area contributed by atoms with E-state index < -0.39 is 10.0 Å². The lowest BCUT2D eigenvalue weighted by molar-refractivity contribution is 0.340. The van der Waals surface area contributed by atoms with Crippen molar-refractivity contribution in [2.24, 2.45) is 5.73 Å². The van der Waals surface area contributed by atoms with Crippen LogP contribution in [0.4, 0.5) is 0 Å². The maximum absolute atomic E-state index is 12.0. The summed E-state index contributed by atoms with van der Waals surface area (Å²) >= 11 is 1.84. The Labute approximate surface area is 96.6 Å². The van der Waals surface area contributed by atoms with Gasteiger partial charge in [-0.3, -0.25) is 0 Å². The molecule has 0 aromatic heterocycles. The minimum atomic E-state index is -3.09. The summed E-state index contributed by atoms with van der Waals surface area (Å²) in [6, 6.07) is 0.103. The molecule has 1 fully saturated rings. The van der Waals surface area contributed by atoms with Crippen LogP contribution in [0.25, 0.3) is 0 Å². The lowest BCUT2D eigenvalue weighted by atomic mass is 10.2. The van der Waals surface area contributed by atoms with Gasteiger partial charge in [0, 0.05) is 23.6 Å². The van der Waals surface area contributed by atoms with Gasteiger partial charge >= 0.3 is 0 Å². The Hall–Kier alpha value is 0.220. The topological polar surface area (TPSA) is 63.4 Å². The van der Waals surface area contributed by atoms with Crippen molar-refractivity contribution in [2.45, 2.75) is 31.6 Å². The Morgan fingerprint density at radius 1 is 1.47 bits per heavy atom. The van der Waals surface area contributed by atoms with Crippen molar-refractivity contribution in [1.29, 1.82) is 0 Å². The van der Waals surface area contributed by atoms with Gasteiger partial charge in [0.1, 0.15) is 0 Å². The first-order valence-electron chi connectivity index (χ1n) is 5.30. The van der Waals surface area contributed by atoms with Crippen LogP contribution >= 0.6 is 11.8 Å². The van der Waals surface area contributed by atoms with E-state index in [9.17, 15) is 8.42 Å². The molecule has 2 unspecified atom stereocenters. The Morgan fingerprint density at radius 2 is 2.13 bits per heavy atom. The molecule has 1 aliphatic rings. The summed E-state index contributed by atoms with van der Waals surface area (Å²) in [5, 5.41) is 0.381. The number of hydrogen-bond donors (Lipinski definition) is 1. The standard InChI is InChI=1S/C9H20N2O2S2/c1-8-9(2)14-6-5-11(8)15(12,13)7-3-4-10/h8-9H,3-7,10H2,1-2H3. The Balaban J connectivity index is 2.68. The molecule has 2 atom stereocenters. The fourth-order valence-corrected chi connectivity index (χ4v) is 4.80. The molecule has 0 aliphatic carbocycles. The van der Waals surface area contributed by atoms with Gasteiger partial charge in [0.05, 0.1) is 5.75 Å². The van der Waals surface area contributed by atoms with Crippen LogP contribution in [-0.2, 0) is 10.0 Å². The minimum Gasteiger partial charge on any atom is -0.330 e. The monoisotopic (exact) mass is 252 g/mol. The highest BCUT2D eigenvalue weighted by Crippen LogP contribution is 2.26. The Bertz CT molecular complexity index is 292. The quantitative estimate of drug-likeness (QED) is 0.791. The maximum Gasteiger partial charge on any atom is 0.214 e. The predicted octanol–water partition coefficient (Wildman–Crippen LogP) is 0.491. The number of nitrogens with zero attached hydrogens (tertiary/aromatic N) is 1. The fraction of sp³-hybridized carbons (Fsp3) is 1.00. The van der Waals surface area contributed by atoms with Crippen LogP contribution in [-0.4, -0.2) is 48.6 Å². The van der Waals surface area contributed by atoms with Crippen molar-refractivity contribution in [2.75, 3.05) is 24.6 Å². The molecular weight excluding hydrogens is 232 g/mol. The molecule has 2 N–H and O–H groups in total. The number of thioether (sulfide) groups is 1. The lowest BCUT2D eigenvalue weighted by Crippen LogP contribution is -2.48. The van der Waals surface area contributed by atoms with Gasteiger partial charge in [-0.1, -0.05) is 6.92 Å². The Morgan fingerprint density at radius 3 is 2.73 bits per heavy atom. The first kappa shape index (κ1) is 13.3. The summed E-state index contributed by atoms with van der Waals surface area (Å²) in [5.41, 5.74) is 5.34. The smallest absolute Gasteiger partial charge is 0.214 e. The molecule has 6 heteroatoms. The van der Waals surface area contributed by atoms with E-state index in [0.29, 0.717) is 24.8 Å². The first-order valence-corrected chi connectivity index (χ1v) is 7.96. The molecule has 4 nitrogen and oxygen atoms in total. The van der Waals surface area contributed by atoms with Gasteiger partial charge in [0.25, 0.3) is 0 Å². The molecule has 0 aromatic carbocycles. The van der Waals surface area contributed by atoms with Gasteiger partial charge in [-0.25, -0.2) is 8.42 Å². The van der Waals surface area contributed by atoms with Crippen molar-refractivity contribution in [3.05, 3.63) is 0 Å². The number of nitrogens with two attached hydrogens (primary N) is 1. The molecule has 0 spiro atoms. The van der Waals surface area contributed by atoms with E-state index in [-0.39, 0.29) is 11.8 Å². The summed E-state index contributed by atoms with van der Waals surface area (Å²) in [7, 11) is -3.09. The highest BCUT2D eigenvalue weighted by Gasteiger charge is 2.33. The van der Waals surface area contributed by atoms with Crippen LogP contribution < -0.4 is 5.73 Å². The van der Waals surface area contributed by atoms with Crippen LogP contribution in [0.1, 0.15) is 20.3 Å². The van der Waals surface area contributed by atoms with Crippen molar-refractivity contribution < 1.29 is 8.42 Å². The molecule has 1 aliphatic heterocycles. The third-order valence-electron chi connectivity index (χ3n) is 2.79. The van der Waals surface area contributed by atoms with Crippen molar-refractivity contribution in [3.63, 3.8) is 0 Å². The van der Waals surface area contributed by atoms with Gasteiger partial charge in [-0.2, -0.15) is 16.1 Å². The zero-order valence-corrected chi connectivity index (χ0v) is 11.0. The second-order valence-corrected chi connectivity index (χ2v) is 7.41. The molecular formula is C9H20N2O2S2. The minimum absolute atomic E-state index is 0.103. The van der Waals surface area contributed by atoms with E-state index in [4.69, 9.17) is 5.73 Å². The molecule has 15 heavy (non-hydrogen) atoms. The zero-order chi connectivity index (χ0) is 11.5.